The standard InChI is InChI=1S/C19H12Cl2F2N4O/c1-26-9-24-17-18(26)25-16(6-10-2-3-11(22)7-14(10)21)27(19(17)28)12-4-5-13(20)15(23)8-12/h2-5,7-9H,6H2,1H3. The highest BCUT2D eigenvalue weighted by Gasteiger charge is 2.18. The molecule has 0 N–H and O–H groups in total. The second-order valence-corrected chi connectivity index (χ2v) is 7.02. The maximum absolute atomic E-state index is 14.0. The minimum Gasteiger partial charge on any atom is -0.318 e. The van der Waals surface area contributed by atoms with Crippen LogP contribution in [0.5, 0.6) is 0 Å². The van der Waals surface area contributed by atoms with Crippen molar-refractivity contribution in [1.29, 1.82) is 0 Å². The number of benzene rings is 2. The molecule has 0 atom stereocenters. The first kappa shape index (κ1) is 18.6. The average Bonchev–Trinajstić information content (AvgIpc) is 3.02. The van der Waals surface area contributed by atoms with Crippen molar-refractivity contribution in [3.8, 4) is 5.69 Å². The van der Waals surface area contributed by atoms with E-state index in [2.05, 4.69) is 9.97 Å². The van der Waals surface area contributed by atoms with Gasteiger partial charge in [-0.2, -0.15) is 0 Å². The van der Waals surface area contributed by atoms with Crippen LogP contribution in [-0.2, 0) is 13.5 Å². The predicted molar refractivity (Wildman–Crippen MR) is 103 cm³/mol. The Balaban J connectivity index is 1.98. The minimum absolute atomic E-state index is 0.0631. The van der Waals surface area contributed by atoms with E-state index in [1.165, 1.54) is 41.2 Å². The van der Waals surface area contributed by atoms with Gasteiger partial charge in [-0.25, -0.2) is 18.7 Å². The van der Waals surface area contributed by atoms with Crippen LogP contribution in [0.1, 0.15) is 11.4 Å². The molecule has 0 bridgehead atoms. The first-order valence-corrected chi connectivity index (χ1v) is 8.93. The van der Waals surface area contributed by atoms with Crippen LogP contribution in [0.4, 0.5) is 8.78 Å². The molecule has 0 saturated carbocycles. The molecule has 0 amide bonds. The molecule has 0 saturated heterocycles. The van der Waals surface area contributed by atoms with Crippen molar-refractivity contribution in [2.75, 3.05) is 0 Å². The maximum Gasteiger partial charge on any atom is 0.286 e. The van der Waals surface area contributed by atoms with Crippen molar-refractivity contribution in [3.63, 3.8) is 0 Å². The van der Waals surface area contributed by atoms with Gasteiger partial charge in [0.05, 0.1) is 17.0 Å². The molecule has 5 nitrogen and oxygen atoms in total. The van der Waals surface area contributed by atoms with E-state index in [-0.39, 0.29) is 27.7 Å². The van der Waals surface area contributed by atoms with Crippen LogP contribution in [0.3, 0.4) is 0 Å². The van der Waals surface area contributed by atoms with Gasteiger partial charge in [-0.15, -0.1) is 0 Å². The molecule has 0 aliphatic carbocycles. The minimum atomic E-state index is -0.669. The van der Waals surface area contributed by atoms with E-state index >= 15 is 0 Å². The summed E-state index contributed by atoms with van der Waals surface area (Å²) in [5, 5.41) is 0.139. The molecule has 0 radical (unpaired) electrons. The van der Waals surface area contributed by atoms with Crippen LogP contribution in [0.15, 0.2) is 47.5 Å². The summed E-state index contributed by atoms with van der Waals surface area (Å²) in [4.78, 5) is 21.7. The monoisotopic (exact) mass is 420 g/mol. The van der Waals surface area contributed by atoms with Gasteiger partial charge in [-0.05, 0) is 35.9 Å². The molecule has 0 fully saturated rings. The summed E-state index contributed by atoms with van der Waals surface area (Å²) in [5.74, 6) is -0.838. The molecule has 28 heavy (non-hydrogen) atoms. The first-order chi connectivity index (χ1) is 13.3. The predicted octanol–water partition coefficient (Wildman–Crippen LogP) is 4.30. The van der Waals surface area contributed by atoms with Crippen molar-refractivity contribution in [2.45, 2.75) is 6.42 Å². The molecule has 2 heterocycles. The van der Waals surface area contributed by atoms with Crippen molar-refractivity contribution in [3.05, 3.63) is 86.1 Å². The summed E-state index contributed by atoms with van der Waals surface area (Å²) >= 11 is 11.9. The fourth-order valence-electron chi connectivity index (χ4n) is 2.95. The third kappa shape index (κ3) is 3.16. The van der Waals surface area contributed by atoms with Gasteiger partial charge in [-0.1, -0.05) is 29.3 Å². The molecule has 9 heteroatoms. The smallest absolute Gasteiger partial charge is 0.286 e. The molecule has 0 unspecified atom stereocenters. The zero-order valence-corrected chi connectivity index (χ0v) is 16.0. The van der Waals surface area contributed by atoms with Gasteiger partial charge >= 0.3 is 0 Å². The summed E-state index contributed by atoms with van der Waals surface area (Å²) < 4.78 is 30.3. The van der Waals surface area contributed by atoms with E-state index in [0.29, 0.717) is 17.0 Å². The largest absolute Gasteiger partial charge is 0.318 e. The molecule has 4 rings (SSSR count). The lowest BCUT2D eigenvalue weighted by molar-refractivity contribution is 0.625. The highest BCUT2D eigenvalue weighted by atomic mass is 35.5. The van der Waals surface area contributed by atoms with E-state index in [1.54, 1.807) is 11.6 Å². The van der Waals surface area contributed by atoms with Crippen LogP contribution in [0.25, 0.3) is 16.9 Å². The number of hydrogen-bond donors (Lipinski definition) is 0. The summed E-state index contributed by atoms with van der Waals surface area (Å²) in [6.45, 7) is 0. The Morgan fingerprint density at radius 3 is 2.57 bits per heavy atom. The number of imidazole rings is 1. The SMILES string of the molecule is Cn1cnc2c(=O)n(-c3ccc(Cl)c(F)c3)c(Cc3ccc(F)cc3Cl)nc21. The summed E-state index contributed by atoms with van der Waals surface area (Å²) in [5.41, 5.74) is 0.885. The van der Waals surface area contributed by atoms with E-state index in [9.17, 15) is 13.6 Å². The summed E-state index contributed by atoms with van der Waals surface area (Å²) in [6.07, 6.45) is 1.60. The zero-order valence-electron chi connectivity index (χ0n) is 14.5. The van der Waals surface area contributed by atoms with Crippen molar-refractivity contribution in [2.24, 2.45) is 7.05 Å². The van der Waals surface area contributed by atoms with Crippen LogP contribution in [0, 0.1) is 11.6 Å². The molecular formula is C19H12Cl2F2N4O. The van der Waals surface area contributed by atoms with Gasteiger partial charge in [0, 0.05) is 18.5 Å². The molecule has 0 aliphatic heterocycles. The van der Waals surface area contributed by atoms with Crippen LogP contribution in [0.2, 0.25) is 10.0 Å². The number of halogens is 4. The Hall–Kier alpha value is -2.77. The number of fused-ring (bicyclic) bond motifs is 1. The second kappa shape index (κ2) is 7.00. The Bertz CT molecular complexity index is 1280. The molecule has 2 aromatic carbocycles. The normalized spacial score (nSPS) is 11.3. The van der Waals surface area contributed by atoms with Gasteiger partial charge in [0.25, 0.3) is 5.56 Å². The van der Waals surface area contributed by atoms with E-state index < -0.39 is 17.2 Å². The van der Waals surface area contributed by atoms with Crippen LogP contribution in [-0.4, -0.2) is 19.1 Å². The van der Waals surface area contributed by atoms with Gasteiger partial charge in [-0.3, -0.25) is 9.36 Å². The van der Waals surface area contributed by atoms with Crippen LogP contribution >= 0.6 is 23.2 Å². The van der Waals surface area contributed by atoms with Crippen molar-refractivity contribution < 1.29 is 8.78 Å². The zero-order chi connectivity index (χ0) is 20.0. The van der Waals surface area contributed by atoms with E-state index in [1.807, 2.05) is 0 Å². The second-order valence-electron chi connectivity index (χ2n) is 6.21. The lowest BCUT2D eigenvalue weighted by Crippen LogP contribution is -2.25. The summed E-state index contributed by atoms with van der Waals surface area (Å²) in [6, 6.07) is 7.99. The van der Waals surface area contributed by atoms with Gasteiger partial charge in [0.15, 0.2) is 11.2 Å². The topological polar surface area (TPSA) is 52.7 Å². The Morgan fingerprint density at radius 2 is 1.86 bits per heavy atom. The molecule has 0 aliphatic rings. The molecule has 2 aromatic heterocycles. The lowest BCUT2D eigenvalue weighted by atomic mass is 10.1. The van der Waals surface area contributed by atoms with Crippen molar-refractivity contribution in [1.82, 2.24) is 19.1 Å². The van der Waals surface area contributed by atoms with Gasteiger partial charge < -0.3 is 4.57 Å². The quantitative estimate of drug-likeness (QED) is 0.496. The number of rotatable bonds is 3. The number of aryl methyl sites for hydroxylation is 1. The van der Waals surface area contributed by atoms with E-state index in [4.69, 9.17) is 23.2 Å². The fraction of sp³-hybridized carbons (Fsp3) is 0.105. The maximum atomic E-state index is 14.0. The number of nitrogens with zero attached hydrogens (tertiary/aromatic N) is 4. The highest BCUT2D eigenvalue weighted by Crippen LogP contribution is 2.23. The lowest BCUT2D eigenvalue weighted by Gasteiger charge is -2.14. The molecule has 0 spiro atoms. The molecule has 4 aromatic rings. The molecular weight excluding hydrogens is 409 g/mol. The van der Waals surface area contributed by atoms with Gasteiger partial charge in [0.1, 0.15) is 17.5 Å². The highest BCUT2D eigenvalue weighted by molar-refractivity contribution is 6.31. The number of aromatic nitrogens is 4. The molecule has 142 valence electrons. The fourth-order valence-corrected chi connectivity index (χ4v) is 3.30. The average molecular weight is 421 g/mol. The Labute approximate surface area is 167 Å². The van der Waals surface area contributed by atoms with Crippen LogP contribution < -0.4 is 5.56 Å². The third-order valence-corrected chi connectivity index (χ3v) is 4.99. The van der Waals surface area contributed by atoms with E-state index in [0.717, 1.165) is 6.07 Å². The first-order valence-electron chi connectivity index (χ1n) is 8.17. The number of hydrogen-bond acceptors (Lipinski definition) is 3. The summed E-state index contributed by atoms with van der Waals surface area (Å²) in [7, 11) is 1.71. The van der Waals surface area contributed by atoms with Crippen molar-refractivity contribution >= 4 is 34.4 Å². The van der Waals surface area contributed by atoms with Gasteiger partial charge in [0.2, 0.25) is 0 Å². The Kier molecular flexibility index (Phi) is 4.64. The third-order valence-electron chi connectivity index (χ3n) is 4.33. The Morgan fingerprint density at radius 1 is 1.07 bits per heavy atom.